The summed E-state index contributed by atoms with van der Waals surface area (Å²) in [5.41, 5.74) is 0. The molecule has 0 saturated carbocycles. The van der Waals surface area contributed by atoms with E-state index in [0.29, 0.717) is 24.6 Å². The Bertz CT molecular complexity index is 102. The molecule has 3 nitrogen and oxygen atoms in total. The molecule has 0 spiro atoms. The number of aliphatic hydroxyl groups is 2. The first-order chi connectivity index (χ1) is 6.20. The second kappa shape index (κ2) is 9.03. The molecular formula is C8H16Cl2O3. The van der Waals surface area contributed by atoms with Crippen molar-refractivity contribution < 1.29 is 14.9 Å². The van der Waals surface area contributed by atoms with E-state index in [-0.39, 0.29) is 13.2 Å². The summed E-state index contributed by atoms with van der Waals surface area (Å²) in [6.07, 6.45) is -0.0678. The number of aliphatic hydroxyl groups excluding tert-OH is 2. The summed E-state index contributed by atoms with van der Waals surface area (Å²) in [6, 6.07) is 0. The highest BCUT2D eigenvalue weighted by molar-refractivity contribution is 6.18. The van der Waals surface area contributed by atoms with Crippen LogP contribution in [0.3, 0.4) is 0 Å². The van der Waals surface area contributed by atoms with E-state index in [1.807, 2.05) is 0 Å². The van der Waals surface area contributed by atoms with Crippen LogP contribution < -0.4 is 0 Å². The molecule has 0 amide bonds. The second-order valence-electron chi connectivity index (χ2n) is 2.80. The molecule has 0 aliphatic carbocycles. The molecule has 0 saturated heterocycles. The number of hydrogen-bond donors (Lipinski definition) is 2. The van der Waals surface area contributed by atoms with Gasteiger partial charge >= 0.3 is 0 Å². The summed E-state index contributed by atoms with van der Waals surface area (Å²) < 4.78 is 5.05. The number of rotatable bonds is 8. The molecule has 0 aromatic carbocycles. The molecule has 0 aromatic rings. The van der Waals surface area contributed by atoms with Crippen LogP contribution in [0.4, 0.5) is 0 Å². The van der Waals surface area contributed by atoms with Gasteiger partial charge in [0.15, 0.2) is 0 Å². The summed E-state index contributed by atoms with van der Waals surface area (Å²) in [4.78, 5) is 0. The molecule has 0 aliphatic heterocycles. The fourth-order valence-corrected chi connectivity index (χ4v) is 1.26. The third-order valence-corrected chi connectivity index (χ3v) is 1.94. The van der Waals surface area contributed by atoms with Gasteiger partial charge in [-0.25, -0.2) is 0 Å². The first-order valence-electron chi connectivity index (χ1n) is 4.26. The molecule has 0 aliphatic rings. The largest absolute Gasteiger partial charge is 0.391 e. The van der Waals surface area contributed by atoms with Crippen molar-refractivity contribution in [2.24, 2.45) is 0 Å². The van der Waals surface area contributed by atoms with Gasteiger partial charge in [-0.2, -0.15) is 0 Å². The van der Waals surface area contributed by atoms with Crippen LogP contribution in [0.15, 0.2) is 0 Å². The van der Waals surface area contributed by atoms with Crippen molar-refractivity contribution in [3.05, 3.63) is 0 Å². The molecule has 0 fully saturated rings. The normalized spacial score (nSPS) is 15.7. The van der Waals surface area contributed by atoms with Gasteiger partial charge in [0.25, 0.3) is 0 Å². The zero-order chi connectivity index (χ0) is 10.1. The van der Waals surface area contributed by atoms with Gasteiger partial charge in [-0.05, 0) is 12.8 Å². The number of alkyl halides is 2. The van der Waals surface area contributed by atoms with Crippen molar-refractivity contribution in [3.8, 4) is 0 Å². The standard InChI is InChI=1S/C8H16Cl2O3/c9-3-1-7(11)5-13-6-8(12)2-4-10/h7-8,11-12H,1-6H2. The number of halogens is 2. The minimum Gasteiger partial charge on any atom is -0.391 e. The monoisotopic (exact) mass is 230 g/mol. The number of ether oxygens (including phenoxy) is 1. The molecule has 13 heavy (non-hydrogen) atoms. The summed E-state index contributed by atoms with van der Waals surface area (Å²) in [5, 5.41) is 18.3. The Kier molecular flexibility index (Phi) is 9.35. The summed E-state index contributed by atoms with van der Waals surface area (Å²) in [5.74, 6) is 0.823. The van der Waals surface area contributed by atoms with E-state index in [2.05, 4.69) is 0 Å². The van der Waals surface area contributed by atoms with Gasteiger partial charge in [0.1, 0.15) is 0 Å². The molecule has 2 atom stereocenters. The maximum atomic E-state index is 9.17. The molecule has 2 N–H and O–H groups in total. The number of hydrogen-bond acceptors (Lipinski definition) is 3. The fourth-order valence-electron chi connectivity index (χ4n) is 0.759. The molecule has 0 rings (SSSR count). The Morgan fingerprint density at radius 3 is 1.62 bits per heavy atom. The smallest absolute Gasteiger partial charge is 0.0785 e. The SMILES string of the molecule is OC(CCCl)COCC(O)CCCl. The average molecular weight is 231 g/mol. The van der Waals surface area contributed by atoms with Crippen LogP contribution in [0, 0.1) is 0 Å². The zero-order valence-electron chi connectivity index (χ0n) is 7.46. The van der Waals surface area contributed by atoms with Crippen molar-refractivity contribution >= 4 is 23.2 Å². The Morgan fingerprint density at radius 1 is 0.923 bits per heavy atom. The van der Waals surface area contributed by atoms with E-state index in [9.17, 15) is 10.2 Å². The molecule has 0 bridgehead atoms. The third-order valence-electron chi connectivity index (χ3n) is 1.51. The van der Waals surface area contributed by atoms with E-state index in [4.69, 9.17) is 27.9 Å². The van der Waals surface area contributed by atoms with Gasteiger partial charge in [-0.1, -0.05) is 0 Å². The van der Waals surface area contributed by atoms with Crippen LogP contribution in [0.1, 0.15) is 12.8 Å². The fraction of sp³-hybridized carbons (Fsp3) is 1.00. The lowest BCUT2D eigenvalue weighted by Crippen LogP contribution is -2.22. The van der Waals surface area contributed by atoms with Crippen LogP contribution in [-0.4, -0.2) is 47.4 Å². The Hall–Kier alpha value is 0.460. The molecule has 0 heterocycles. The molecule has 80 valence electrons. The average Bonchev–Trinajstić information content (AvgIpc) is 2.05. The highest BCUT2D eigenvalue weighted by atomic mass is 35.5. The first kappa shape index (κ1) is 13.5. The van der Waals surface area contributed by atoms with Gasteiger partial charge in [0.05, 0.1) is 25.4 Å². The first-order valence-corrected chi connectivity index (χ1v) is 5.33. The Morgan fingerprint density at radius 2 is 1.31 bits per heavy atom. The van der Waals surface area contributed by atoms with Crippen LogP contribution in [-0.2, 0) is 4.74 Å². The van der Waals surface area contributed by atoms with Crippen LogP contribution in [0.5, 0.6) is 0 Å². The van der Waals surface area contributed by atoms with Gasteiger partial charge in [0, 0.05) is 11.8 Å². The third kappa shape index (κ3) is 8.78. The predicted octanol–water partition coefficient (Wildman–Crippen LogP) is 0.983. The summed E-state index contributed by atoms with van der Waals surface area (Å²) >= 11 is 10.8. The van der Waals surface area contributed by atoms with Crippen molar-refractivity contribution in [3.63, 3.8) is 0 Å². The summed E-state index contributed by atoms with van der Waals surface area (Å²) in [7, 11) is 0. The van der Waals surface area contributed by atoms with E-state index >= 15 is 0 Å². The lowest BCUT2D eigenvalue weighted by atomic mass is 10.3. The van der Waals surface area contributed by atoms with E-state index in [0.717, 1.165) is 0 Å². The minimum absolute atomic E-state index is 0.214. The van der Waals surface area contributed by atoms with Gasteiger partial charge in [-0.15, -0.1) is 23.2 Å². The lowest BCUT2D eigenvalue weighted by Gasteiger charge is -2.12. The molecular weight excluding hydrogens is 215 g/mol. The molecule has 2 unspecified atom stereocenters. The maximum absolute atomic E-state index is 9.17. The van der Waals surface area contributed by atoms with Crippen molar-refractivity contribution in [2.45, 2.75) is 25.0 Å². The Balaban J connectivity index is 3.23. The van der Waals surface area contributed by atoms with Crippen LogP contribution in [0.25, 0.3) is 0 Å². The maximum Gasteiger partial charge on any atom is 0.0785 e. The van der Waals surface area contributed by atoms with E-state index in [1.165, 1.54) is 0 Å². The molecule has 0 aromatic heterocycles. The predicted molar refractivity (Wildman–Crippen MR) is 53.5 cm³/mol. The molecule has 5 heteroatoms. The van der Waals surface area contributed by atoms with E-state index in [1.54, 1.807) is 0 Å². The van der Waals surface area contributed by atoms with E-state index < -0.39 is 12.2 Å². The topological polar surface area (TPSA) is 49.7 Å². The molecule has 0 radical (unpaired) electrons. The quantitative estimate of drug-likeness (QED) is 0.612. The highest BCUT2D eigenvalue weighted by Gasteiger charge is 2.06. The van der Waals surface area contributed by atoms with Crippen molar-refractivity contribution in [2.75, 3.05) is 25.0 Å². The van der Waals surface area contributed by atoms with Gasteiger partial charge < -0.3 is 14.9 Å². The van der Waals surface area contributed by atoms with Crippen molar-refractivity contribution in [1.29, 1.82) is 0 Å². The zero-order valence-corrected chi connectivity index (χ0v) is 8.97. The van der Waals surface area contributed by atoms with Crippen LogP contribution in [0.2, 0.25) is 0 Å². The highest BCUT2D eigenvalue weighted by Crippen LogP contribution is 1.98. The lowest BCUT2D eigenvalue weighted by molar-refractivity contribution is -0.00850. The minimum atomic E-state index is -0.541. The summed E-state index contributed by atoms with van der Waals surface area (Å²) in [6.45, 7) is 0.429. The van der Waals surface area contributed by atoms with Gasteiger partial charge in [-0.3, -0.25) is 0 Å². The second-order valence-corrected chi connectivity index (χ2v) is 3.56. The van der Waals surface area contributed by atoms with Crippen molar-refractivity contribution in [1.82, 2.24) is 0 Å². The van der Waals surface area contributed by atoms with Gasteiger partial charge in [0.2, 0.25) is 0 Å². The van der Waals surface area contributed by atoms with Crippen LogP contribution >= 0.6 is 23.2 Å². The Labute approximate surface area is 88.6 Å².